The van der Waals surface area contributed by atoms with Gasteiger partial charge in [-0.25, -0.2) is 10.4 Å². The summed E-state index contributed by atoms with van der Waals surface area (Å²) in [6.45, 7) is 0.464. The Morgan fingerprint density at radius 3 is 2.35 bits per heavy atom. The number of imide groups is 1. The summed E-state index contributed by atoms with van der Waals surface area (Å²) in [4.78, 5) is 35.0. The van der Waals surface area contributed by atoms with Crippen LogP contribution in [0.2, 0.25) is 0 Å². The minimum absolute atomic E-state index is 0.0172. The second-order valence-corrected chi connectivity index (χ2v) is 6.39. The lowest BCUT2D eigenvalue weighted by molar-refractivity contribution is -0.384. The average Bonchev–Trinajstić information content (AvgIpc) is 3.15. The highest BCUT2D eigenvalue weighted by molar-refractivity contribution is 6.07. The Labute approximate surface area is 148 Å². The molecule has 26 heavy (non-hydrogen) atoms. The van der Waals surface area contributed by atoms with Gasteiger partial charge in [0.05, 0.1) is 16.9 Å². The van der Waals surface area contributed by atoms with Crippen molar-refractivity contribution in [1.82, 2.24) is 15.8 Å². The fraction of sp³-hybridized carbons (Fsp3) is 0.222. The van der Waals surface area contributed by atoms with Gasteiger partial charge in [0.15, 0.2) is 0 Å². The lowest BCUT2D eigenvalue weighted by atomic mass is 9.91. The van der Waals surface area contributed by atoms with Crippen molar-refractivity contribution in [2.24, 2.45) is 5.92 Å². The maximum atomic E-state index is 12.3. The molecule has 2 aromatic carbocycles. The van der Waals surface area contributed by atoms with Crippen LogP contribution < -0.4 is 10.7 Å². The topological polar surface area (TPSA) is 105 Å². The summed E-state index contributed by atoms with van der Waals surface area (Å²) < 4.78 is 0. The number of rotatable bonds is 4. The van der Waals surface area contributed by atoms with Crippen molar-refractivity contribution in [1.29, 1.82) is 0 Å². The minimum atomic E-state index is -0.608. The Morgan fingerprint density at radius 2 is 1.69 bits per heavy atom. The van der Waals surface area contributed by atoms with E-state index in [1.165, 1.54) is 12.1 Å². The smallest absolute Gasteiger partial charge is 0.269 e. The molecule has 0 spiro atoms. The first-order chi connectivity index (χ1) is 12.5. The highest BCUT2D eigenvalue weighted by Gasteiger charge is 2.54. The largest absolute Gasteiger partial charge is 0.295 e. The van der Waals surface area contributed by atoms with E-state index in [2.05, 4.69) is 10.7 Å². The second-order valence-electron chi connectivity index (χ2n) is 6.39. The lowest BCUT2D eigenvalue weighted by Gasteiger charge is -2.22. The highest BCUT2D eigenvalue weighted by Crippen LogP contribution is 2.37. The van der Waals surface area contributed by atoms with E-state index in [9.17, 15) is 19.7 Å². The molecule has 0 bridgehead atoms. The van der Waals surface area contributed by atoms with Crippen molar-refractivity contribution in [2.45, 2.75) is 18.6 Å². The maximum Gasteiger partial charge on any atom is 0.269 e. The number of carbonyl (C=O) groups excluding carboxylic acids is 2. The summed E-state index contributed by atoms with van der Waals surface area (Å²) in [7, 11) is 0. The predicted octanol–water partition coefficient (Wildman–Crippen LogP) is 1.30. The second kappa shape index (κ2) is 6.32. The van der Waals surface area contributed by atoms with E-state index >= 15 is 0 Å². The van der Waals surface area contributed by atoms with Gasteiger partial charge >= 0.3 is 0 Å². The zero-order chi connectivity index (χ0) is 18.3. The molecule has 2 N–H and O–H groups in total. The van der Waals surface area contributed by atoms with E-state index in [0.717, 1.165) is 11.1 Å². The third kappa shape index (κ3) is 2.75. The van der Waals surface area contributed by atoms with Gasteiger partial charge in [-0.05, 0) is 11.1 Å². The normalized spacial score (nSPS) is 25.2. The Kier molecular flexibility index (Phi) is 3.98. The van der Waals surface area contributed by atoms with Gasteiger partial charge in [-0.3, -0.25) is 25.0 Å². The lowest BCUT2D eigenvalue weighted by Crippen LogP contribution is -2.43. The number of hydrogen-bond donors (Lipinski definition) is 2. The predicted molar refractivity (Wildman–Crippen MR) is 91.4 cm³/mol. The molecule has 0 radical (unpaired) electrons. The molecule has 2 aliphatic heterocycles. The maximum absolute atomic E-state index is 12.3. The molecular formula is C18H16N4O4. The SMILES string of the molecule is O=C1NC(=O)[C@@H]2[C@H]1[C@@H](c1ccc([N+](=O)[O-])cc1)NN2Cc1ccccc1. The molecule has 8 nitrogen and oxygen atoms in total. The van der Waals surface area contributed by atoms with E-state index in [0.29, 0.717) is 6.54 Å². The monoisotopic (exact) mass is 352 g/mol. The number of nitro groups is 1. The van der Waals surface area contributed by atoms with Crippen LogP contribution >= 0.6 is 0 Å². The molecule has 0 aliphatic carbocycles. The number of carbonyl (C=O) groups is 2. The Bertz CT molecular complexity index is 869. The van der Waals surface area contributed by atoms with Crippen molar-refractivity contribution in [3.8, 4) is 0 Å². The molecule has 0 saturated carbocycles. The first kappa shape index (κ1) is 16.4. The van der Waals surface area contributed by atoms with Crippen LogP contribution in [0.25, 0.3) is 0 Å². The van der Waals surface area contributed by atoms with Crippen LogP contribution in [0.15, 0.2) is 54.6 Å². The number of nitro benzene ring substituents is 1. The van der Waals surface area contributed by atoms with Gasteiger partial charge in [-0.1, -0.05) is 42.5 Å². The molecule has 2 aromatic rings. The van der Waals surface area contributed by atoms with Crippen LogP contribution in [0.1, 0.15) is 17.2 Å². The molecule has 132 valence electrons. The van der Waals surface area contributed by atoms with Crippen molar-refractivity contribution in [3.63, 3.8) is 0 Å². The fourth-order valence-electron chi connectivity index (χ4n) is 3.60. The third-order valence-electron chi connectivity index (χ3n) is 4.82. The number of hydrogen-bond acceptors (Lipinski definition) is 6. The van der Waals surface area contributed by atoms with E-state index < -0.39 is 22.9 Å². The Morgan fingerprint density at radius 1 is 1.00 bits per heavy atom. The molecular weight excluding hydrogens is 336 g/mol. The quantitative estimate of drug-likeness (QED) is 0.488. The van der Waals surface area contributed by atoms with Crippen LogP contribution in [-0.2, 0) is 16.1 Å². The van der Waals surface area contributed by atoms with Crippen molar-refractivity contribution < 1.29 is 14.5 Å². The Hall–Kier alpha value is -3.10. The van der Waals surface area contributed by atoms with E-state index in [-0.39, 0.29) is 17.5 Å². The van der Waals surface area contributed by atoms with Crippen molar-refractivity contribution in [2.75, 3.05) is 0 Å². The fourth-order valence-corrected chi connectivity index (χ4v) is 3.60. The number of fused-ring (bicyclic) bond motifs is 1. The van der Waals surface area contributed by atoms with Gasteiger partial charge < -0.3 is 0 Å². The number of hydrazine groups is 1. The van der Waals surface area contributed by atoms with Crippen LogP contribution in [-0.4, -0.2) is 27.8 Å². The van der Waals surface area contributed by atoms with Crippen LogP contribution in [0.4, 0.5) is 5.69 Å². The number of non-ortho nitro benzene ring substituents is 1. The molecule has 0 aromatic heterocycles. The number of benzene rings is 2. The number of nitrogens with one attached hydrogen (secondary N) is 2. The van der Waals surface area contributed by atoms with E-state index in [1.807, 2.05) is 30.3 Å². The summed E-state index contributed by atoms with van der Waals surface area (Å²) in [6, 6.07) is 14.7. The molecule has 0 unspecified atom stereocenters. The van der Waals surface area contributed by atoms with E-state index in [1.54, 1.807) is 17.1 Å². The van der Waals surface area contributed by atoms with Gasteiger partial charge in [-0.2, -0.15) is 0 Å². The molecule has 4 rings (SSSR count). The van der Waals surface area contributed by atoms with E-state index in [4.69, 9.17) is 0 Å². The van der Waals surface area contributed by atoms with Crippen LogP contribution in [0.3, 0.4) is 0 Å². The summed E-state index contributed by atoms with van der Waals surface area (Å²) in [5, 5.41) is 15.0. The molecule has 2 amide bonds. The average molecular weight is 352 g/mol. The first-order valence-corrected chi connectivity index (χ1v) is 8.20. The first-order valence-electron chi connectivity index (χ1n) is 8.20. The highest BCUT2D eigenvalue weighted by atomic mass is 16.6. The molecule has 2 saturated heterocycles. The third-order valence-corrected chi connectivity index (χ3v) is 4.82. The summed E-state index contributed by atoms with van der Waals surface area (Å²) in [5.41, 5.74) is 4.97. The summed E-state index contributed by atoms with van der Waals surface area (Å²) >= 11 is 0. The number of amides is 2. The summed E-state index contributed by atoms with van der Waals surface area (Å²) in [6.07, 6.45) is 0. The zero-order valence-electron chi connectivity index (χ0n) is 13.7. The molecule has 8 heteroatoms. The molecule has 2 fully saturated rings. The Balaban J connectivity index is 1.64. The van der Waals surface area contributed by atoms with Crippen LogP contribution in [0.5, 0.6) is 0 Å². The molecule has 2 aliphatic rings. The van der Waals surface area contributed by atoms with Gasteiger partial charge in [0.25, 0.3) is 5.69 Å². The van der Waals surface area contributed by atoms with Gasteiger partial charge in [0, 0.05) is 18.7 Å². The summed E-state index contributed by atoms with van der Waals surface area (Å²) in [5.74, 6) is -1.23. The molecule has 3 atom stereocenters. The van der Waals surface area contributed by atoms with Crippen molar-refractivity contribution in [3.05, 3.63) is 75.8 Å². The van der Waals surface area contributed by atoms with Crippen LogP contribution in [0, 0.1) is 16.0 Å². The van der Waals surface area contributed by atoms with Gasteiger partial charge in [0.2, 0.25) is 11.8 Å². The van der Waals surface area contributed by atoms with Gasteiger partial charge in [0.1, 0.15) is 6.04 Å². The minimum Gasteiger partial charge on any atom is -0.295 e. The van der Waals surface area contributed by atoms with Crippen molar-refractivity contribution >= 4 is 17.5 Å². The number of nitrogens with zero attached hydrogens (tertiary/aromatic N) is 2. The standard InChI is InChI=1S/C18H16N4O4/c23-17-14-15(12-6-8-13(9-7-12)22(25)26)20-21(16(14)18(24)19-17)10-11-4-2-1-3-5-11/h1-9,14-16,20H,10H2,(H,19,23,24)/t14-,15-,16+/m1/s1. The zero-order valence-corrected chi connectivity index (χ0v) is 13.7. The van der Waals surface area contributed by atoms with Gasteiger partial charge in [-0.15, -0.1) is 0 Å². The molecule has 2 heterocycles.